The van der Waals surface area contributed by atoms with Crippen molar-refractivity contribution in [3.8, 4) is 0 Å². The molecule has 0 unspecified atom stereocenters. The van der Waals surface area contributed by atoms with Crippen LogP contribution < -0.4 is 5.32 Å². The normalized spacial score (nSPS) is 17.8. The third-order valence-corrected chi connectivity index (χ3v) is 5.17. The van der Waals surface area contributed by atoms with Crippen LogP contribution in [0.3, 0.4) is 0 Å². The summed E-state index contributed by atoms with van der Waals surface area (Å²) in [4.78, 5) is 32.6. The van der Waals surface area contributed by atoms with E-state index in [1.807, 2.05) is 18.0 Å². The zero-order valence-corrected chi connectivity index (χ0v) is 15.2. The zero-order chi connectivity index (χ0) is 17.8. The molecule has 1 aromatic heterocycles. The molecule has 1 heterocycles. The molecule has 3 rings (SSSR count). The maximum atomic E-state index is 12.5. The van der Waals surface area contributed by atoms with E-state index in [1.165, 1.54) is 37.0 Å². The number of aromatic nitrogens is 1. The van der Waals surface area contributed by atoms with Crippen molar-refractivity contribution in [2.75, 3.05) is 26.0 Å². The van der Waals surface area contributed by atoms with Crippen molar-refractivity contribution >= 4 is 17.6 Å². The average Bonchev–Trinajstić information content (AvgIpc) is 3.45. The first-order chi connectivity index (χ1) is 12.0. The number of nitrogens with one attached hydrogen (secondary N) is 1. The molecule has 0 radical (unpaired) electrons. The Kier molecular flexibility index (Phi) is 5.56. The Balaban J connectivity index is 1.53. The van der Waals surface area contributed by atoms with Gasteiger partial charge in [-0.3, -0.25) is 9.59 Å². The first-order valence-corrected chi connectivity index (χ1v) is 9.28. The average molecular weight is 344 g/mol. The second-order valence-electron chi connectivity index (χ2n) is 7.31. The summed E-state index contributed by atoms with van der Waals surface area (Å²) in [5, 5.41) is 3.30. The first-order valence-electron chi connectivity index (χ1n) is 9.28. The highest BCUT2D eigenvalue weighted by Crippen LogP contribution is 2.24. The van der Waals surface area contributed by atoms with Crippen LogP contribution in [0.15, 0.2) is 18.3 Å². The van der Waals surface area contributed by atoms with Gasteiger partial charge in [0.2, 0.25) is 5.91 Å². The number of rotatable bonds is 6. The number of amides is 2. The van der Waals surface area contributed by atoms with Gasteiger partial charge in [0, 0.05) is 32.4 Å². The maximum absolute atomic E-state index is 12.5. The lowest BCUT2D eigenvalue weighted by molar-refractivity contribution is -0.133. The summed E-state index contributed by atoms with van der Waals surface area (Å²) in [6, 6.07) is 4.45. The molecule has 0 aromatic carbocycles. The Morgan fingerprint density at radius 1 is 1.12 bits per heavy atom. The summed E-state index contributed by atoms with van der Waals surface area (Å²) in [5.74, 6) is 0.633. The molecule has 0 spiro atoms. The lowest BCUT2D eigenvalue weighted by atomic mass is 9.94. The molecule has 2 amide bonds. The van der Waals surface area contributed by atoms with Crippen molar-refractivity contribution in [3.63, 3.8) is 0 Å². The molecular formula is C19H28N4O2. The third-order valence-electron chi connectivity index (χ3n) is 5.17. The van der Waals surface area contributed by atoms with Gasteiger partial charge in [-0.15, -0.1) is 0 Å². The molecule has 136 valence electrons. The van der Waals surface area contributed by atoms with Gasteiger partial charge >= 0.3 is 0 Å². The van der Waals surface area contributed by atoms with Crippen molar-refractivity contribution in [3.05, 3.63) is 23.9 Å². The molecule has 6 heteroatoms. The van der Waals surface area contributed by atoms with Crippen molar-refractivity contribution < 1.29 is 9.59 Å². The summed E-state index contributed by atoms with van der Waals surface area (Å²) in [7, 11) is 3.53. The number of hydrogen-bond donors (Lipinski definition) is 1. The second kappa shape index (κ2) is 7.85. The minimum absolute atomic E-state index is 0.00253. The first kappa shape index (κ1) is 17.7. The fourth-order valence-electron chi connectivity index (χ4n) is 3.32. The highest BCUT2D eigenvalue weighted by molar-refractivity contribution is 5.96. The number of carbonyl (C=O) groups is 2. The smallest absolute Gasteiger partial charge is 0.255 e. The van der Waals surface area contributed by atoms with E-state index in [-0.39, 0.29) is 18.4 Å². The Labute approximate surface area is 149 Å². The van der Waals surface area contributed by atoms with Gasteiger partial charge < -0.3 is 15.1 Å². The van der Waals surface area contributed by atoms with Gasteiger partial charge in [-0.1, -0.05) is 19.3 Å². The standard InChI is InChI=1S/C19H28N4O2/c1-22(13-18(24)23(2)16-6-4-3-5-7-16)19(25)14-8-11-17(20-12-14)21-15-9-10-15/h8,11-12,15-16H,3-7,9-10,13H2,1-2H3,(H,20,21). The molecule has 2 aliphatic carbocycles. The van der Waals surface area contributed by atoms with Crippen molar-refractivity contribution in [2.45, 2.75) is 57.0 Å². The minimum atomic E-state index is -0.170. The van der Waals surface area contributed by atoms with E-state index in [0.717, 1.165) is 18.7 Å². The fraction of sp³-hybridized carbons (Fsp3) is 0.632. The predicted octanol–water partition coefficient (Wildman–Crippen LogP) is 2.52. The molecule has 0 atom stereocenters. The van der Waals surface area contributed by atoms with E-state index in [9.17, 15) is 9.59 Å². The molecule has 0 saturated heterocycles. The van der Waals surface area contributed by atoms with Gasteiger partial charge in [0.25, 0.3) is 5.91 Å². The number of nitrogens with zero attached hydrogens (tertiary/aromatic N) is 3. The van der Waals surface area contributed by atoms with Gasteiger partial charge in [-0.05, 0) is 37.8 Å². The van der Waals surface area contributed by atoms with Crippen molar-refractivity contribution in [1.29, 1.82) is 0 Å². The maximum Gasteiger partial charge on any atom is 0.255 e. The van der Waals surface area contributed by atoms with Gasteiger partial charge in [-0.25, -0.2) is 4.98 Å². The molecule has 2 aliphatic rings. The topological polar surface area (TPSA) is 65.5 Å². The molecule has 6 nitrogen and oxygen atoms in total. The second-order valence-corrected chi connectivity index (χ2v) is 7.31. The number of likely N-dealkylation sites (N-methyl/N-ethyl adjacent to an activating group) is 2. The zero-order valence-electron chi connectivity index (χ0n) is 15.2. The van der Waals surface area contributed by atoms with Crippen LogP contribution in [0.25, 0.3) is 0 Å². The van der Waals surface area contributed by atoms with E-state index in [1.54, 1.807) is 19.3 Å². The molecule has 1 N–H and O–H groups in total. The molecule has 25 heavy (non-hydrogen) atoms. The largest absolute Gasteiger partial charge is 0.367 e. The summed E-state index contributed by atoms with van der Waals surface area (Å²) in [5.41, 5.74) is 0.511. The number of pyridine rings is 1. The lowest BCUT2D eigenvalue weighted by Gasteiger charge is -2.32. The van der Waals surface area contributed by atoms with Crippen LogP contribution in [0.2, 0.25) is 0 Å². The summed E-state index contributed by atoms with van der Waals surface area (Å²) < 4.78 is 0. The van der Waals surface area contributed by atoms with Crippen LogP contribution >= 0.6 is 0 Å². The van der Waals surface area contributed by atoms with Crippen molar-refractivity contribution in [1.82, 2.24) is 14.8 Å². The quantitative estimate of drug-likeness (QED) is 0.861. The number of hydrogen-bond acceptors (Lipinski definition) is 4. The highest BCUT2D eigenvalue weighted by Gasteiger charge is 2.25. The van der Waals surface area contributed by atoms with Crippen LogP contribution in [0.1, 0.15) is 55.3 Å². The summed E-state index contributed by atoms with van der Waals surface area (Å²) >= 11 is 0. The van der Waals surface area contributed by atoms with E-state index < -0.39 is 0 Å². The monoisotopic (exact) mass is 344 g/mol. The van der Waals surface area contributed by atoms with E-state index in [4.69, 9.17) is 0 Å². The molecule has 2 saturated carbocycles. The lowest BCUT2D eigenvalue weighted by Crippen LogP contribution is -2.44. The van der Waals surface area contributed by atoms with Gasteiger partial charge in [0.15, 0.2) is 0 Å². The predicted molar refractivity (Wildman–Crippen MR) is 97.5 cm³/mol. The SMILES string of the molecule is CN(CC(=O)N(C)C1CCCCC1)C(=O)c1ccc(NC2CC2)nc1. The van der Waals surface area contributed by atoms with Crippen LogP contribution in [0.4, 0.5) is 5.82 Å². The Bertz CT molecular complexity index is 606. The van der Waals surface area contributed by atoms with Gasteiger partial charge in [0.05, 0.1) is 12.1 Å². The van der Waals surface area contributed by atoms with E-state index >= 15 is 0 Å². The van der Waals surface area contributed by atoms with E-state index in [0.29, 0.717) is 17.6 Å². The van der Waals surface area contributed by atoms with Crippen molar-refractivity contribution in [2.24, 2.45) is 0 Å². The summed E-state index contributed by atoms with van der Waals surface area (Å²) in [6.07, 6.45) is 9.71. The Morgan fingerprint density at radius 2 is 1.84 bits per heavy atom. The Hall–Kier alpha value is -2.11. The summed E-state index contributed by atoms with van der Waals surface area (Å²) in [6.45, 7) is 0.105. The molecule has 1 aromatic rings. The molecule has 2 fully saturated rings. The van der Waals surface area contributed by atoms with Gasteiger partial charge in [-0.2, -0.15) is 0 Å². The number of anilines is 1. The third kappa shape index (κ3) is 4.71. The minimum Gasteiger partial charge on any atom is -0.367 e. The molecule has 0 aliphatic heterocycles. The number of carbonyl (C=O) groups excluding carboxylic acids is 2. The van der Waals surface area contributed by atoms with Crippen LogP contribution in [-0.4, -0.2) is 59.3 Å². The fourth-order valence-corrected chi connectivity index (χ4v) is 3.32. The van der Waals surface area contributed by atoms with Crippen LogP contribution in [-0.2, 0) is 4.79 Å². The van der Waals surface area contributed by atoms with Crippen LogP contribution in [0, 0.1) is 0 Å². The van der Waals surface area contributed by atoms with Gasteiger partial charge in [0.1, 0.15) is 5.82 Å². The van der Waals surface area contributed by atoms with E-state index in [2.05, 4.69) is 10.3 Å². The van der Waals surface area contributed by atoms with Crippen LogP contribution in [0.5, 0.6) is 0 Å². The molecular weight excluding hydrogens is 316 g/mol. The highest BCUT2D eigenvalue weighted by atomic mass is 16.2. The Morgan fingerprint density at radius 3 is 2.44 bits per heavy atom. The molecule has 0 bridgehead atoms.